The maximum atomic E-state index is 13.0. The summed E-state index contributed by atoms with van der Waals surface area (Å²) in [5.74, 6) is -1.34. The minimum atomic E-state index is -3.90. The van der Waals surface area contributed by atoms with Crippen molar-refractivity contribution in [3.8, 4) is 0 Å². The van der Waals surface area contributed by atoms with Gasteiger partial charge in [0, 0.05) is 26.3 Å². The van der Waals surface area contributed by atoms with E-state index < -0.39 is 28.5 Å². The molecule has 0 saturated carbocycles. The number of anilines is 1. The molecular formula is C24H23ClN2O5S. The lowest BCUT2D eigenvalue weighted by molar-refractivity contribution is -0.121. The maximum Gasteiger partial charge on any atom is 0.340 e. The molecule has 3 rings (SSSR count). The van der Waals surface area contributed by atoms with E-state index >= 15 is 0 Å². The van der Waals surface area contributed by atoms with Crippen LogP contribution in [0, 0.1) is 0 Å². The summed E-state index contributed by atoms with van der Waals surface area (Å²) < 4.78 is 32.3. The molecule has 7 nitrogen and oxygen atoms in total. The highest BCUT2D eigenvalue weighted by molar-refractivity contribution is 7.89. The van der Waals surface area contributed by atoms with Crippen LogP contribution in [0.1, 0.15) is 15.9 Å². The summed E-state index contributed by atoms with van der Waals surface area (Å²) in [7, 11) is -0.884. The minimum Gasteiger partial charge on any atom is -0.452 e. The van der Waals surface area contributed by atoms with Gasteiger partial charge in [-0.2, -0.15) is 4.31 Å². The largest absolute Gasteiger partial charge is 0.452 e. The van der Waals surface area contributed by atoms with E-state index in [1.54, 1.807) is 31.3 Å². The van der Waals surface area contributed by atoms with Gasteiger partial charge >= 0.3 is 5.97 Å². The zero-order valence-electron chi connectivity index (χ0n) is 18.1. The molecule has 0 unspecified atom stereocenters. The average molecular weight is 487 g/mol. The Labute approximate surface area is 198 Å². The molecule has 1 amide bonds. The molecular weight excluding hydrogens is 464 g/mol. The Kier molecular flexibility index (Phi) is 7.86. The first-order valence-electron chi connectivity index (χ1n) is 9.98. The van der Waals surface area contributed by atoms with Crippen LogP contribution < -0.4 is 4.90 Å². The van der Waals surface area contributed by atoms with Crippen LogP contribution in [0.2, 0.25) is 5.02 Å². The summed E-state index contributed by atoms with van der Waals surface area (Å²) in [4.78, 5) is 26.2. The van der Waals surface area contributed by atoms with Crippen molar-refractivity contribution >= 4 is 39.2 Å². The number of ether oxygens (including phenoxy) is 1. The van der Waals surface area contributed by atoms with Gasteiger partial charge in [-0.25, -0.2) is 13.2 Å². The Bertz CT molecular complexity index is 1230. The van der Waals surface area contributed by atoms with Crippen LogP contribution in [0.3, 0.4) is 0 Å². The second-order valence-corrected chi connectivity index (χ2v) is 9.70. The van der Waals surface area contributed by atoms with Crippen LogP contribution in [0.5, 0.6) is 0 Å². The number of rotatable bonds is 8. The number of nitrogens with zero attached hydrogens (tertiary/aromatic N) is 2. The first-order chi connectivity index (χ1) is 15.7. The van der Waals surface area contributed by atoms with Crippen LogP contribution >= 0.6 is 11.6 Å². The number of likely N-dealkylation sites (N-methyl/N-ethyl adjacent to an activating group) is 1. The third-order valence-corrected chi connectivity index (χ3v) is 7.09. The quantitative estimate of drug-likeness (QED) is 0.450. The topological polar surface area (TPSA) is 84.0 Å². The molecule has 0 bridgehead atoms. The Balaban J connectivity index is 1.72. The van der Waals surface area contributed by atoms with Crippen LogP contribution in [0.15, 0.2) is 83.8 Å². The van der Waals surface area contributed by atoms with Gasteiger partial charge < -0.3 is 9.64 Å². The predicted molar refractivity (Wildman–Crippen MR) is 127 cm³/mol. The molecule has 0 aliphatic heterocycles. The zero-order valence-corrected chi connectivity index (χ0v) is 19.7. The number of benzene rings is 3. The molecule has 0 radical (unpaired) electrons. The van der Waals surface area contributed by atoms with E-state index in [2.05, 4.69) is 0 Å². The van der Waals surface area contributed by atoms with Crippen molar-refractivity contribution in [1.82, 2.24) is 4.31 Å². The first kappa shape index (κ1) is 24.4. The molecule has 0 heterocycles. The number of amides is 1. The Hall–Kier alpha value is -3.20. The van der Waals surface area contributed by atoms with Crippen LogP contribution in [-0.4, -0.2) is 45.3 Å². The van der Waals surface area contributed by atoms with E-state index in [4.69, 9.17) is 16.3 Å². The molecule has 3 aromatic rings. The van der Waals surface area contributed by atoms with Gasteiger partial charge in [-0.05, 0) is 35.9 Å². The second kappa shape index (κ2) is 10.6. The van der Waals surface area contributed by atoms with E-state index in [9.17, 15) is 18.0 Å². The zero-order chi connectivity index (χ0) is 24.0. The maximum absolute atomic E-state index is 13.0. The van der Waals surface area contributed by atoms with E-state index in [0.717, 1.165) is 11.6 Å². The SMILES string of the molecule is CN(C(=O)COC(=O)c1cc(S(=O)(=O)N(C)Cc2ccccc2)ccc1Cl)c1ccccc1. The van der Waals surface area contributed by atoms with Crippen molar-refractivity contribution in [2.24, 2.45) is 0 Å². The van der Waals surface area contributed by atoms with Crippen molar-refractivity contribution in [3.63, 3.8) is 0 Å². The van der Waals surface area contributed by atoms with Crippen LogP contribution in [0.4, 0.5) is 5.69 Å². The number of para-hydroxylation sites is 1. The van der Waals surface area contributed by atoms with Crippen molar-refractivity contribution in [2.75, 3.05) is 25.6 Å². The molecule has 0 aromatic heterocycles. The van der Waals surface area contributed by atoms with Crippen LogP contribution in [0.25, 0.3) is 0 Å². The third-order valence-electron chi connectivity index (χ3n) is 4.96. The van der Waals surface area contributed by atoms with Gasteiger partial charge in [0.2, 0.25) is 10.0 Å². The van der Waals surface area contributed by atoms with Gasteiger partial charge in [0.1, 0.15) is 0 Å². The molecule has 172 valence electrons. The van der Waals surface area contributed by atoms with Gasteiger partial charge in [0.15, 0.2) is 6.61 Å². The van der Waals surface area contributed by atoms with Crippen molar-refractivity contribution in [1.29, 1.82) is 0 Å². The smallest absolute Gasteiger partial charge is 0.340 e. The fourth-order valence-corrected chi connectivity index (χ4v) is 4.40. The first-order valence-corrected chi connectivity index (χ1v) is 11.8. The van der Waals surface area contributed by atoms with E-state index in [-0.39, 0.29) is 22.0 Å². The molecule has 0 spiro atoms. The van der Waals surface area contributed by atoms with Crippen LogP contribution in [-0.2, 0) is 26.1 Å². The van der Waals surface area contributed by atoms with Crippen molar-refractivity contribution < 1.29 is 22.7 Å². The highest BCUT2D eigenvalue weighted by Crippen LogP contribution is 2.24. The molecule has 0 fully saturated rings. The van der Waals surface area contributed by atoms with Gasteiger partial charge in [0.05, 0.1) is 15.5 Å². The third kappa shape index (κ3) is 5.98. The summed E-state index contributed by atoms with van der Waals surface area (Å²) >= 11 is 6.12. The Morgan fingerprint density at radius 1 is 0.909 bits per heavy atom. The van der Waals surface area contributed by atoms with Gasteiger partial charge in [0.25, 0.3) is 5.91 Å². The molecule has 33 heavy (non-hydrogen) atoms. The van der Waals surface area contributed by atoms with Crippen molar-refractivity contribution in [2.45, 2.75) is 11.4 Å². The summed E-state index contributed by atoms with van der Waals surface area (Å²) in [6.45, 7) is -0.364. The lowest BCUT2D eigenvalue weighted by Gasteiger charge is -2.18. The number of esters is 1. The van der Waals surface area contributed by atoms with Gasteiger partial charge in [-0.15, -0.1) is 0 Å². The second-order valence-electron chi connectivity index (χ2n) is 7.25. The molecule has 0 saturated heterocycles. The molecule has 9 heteroatoms. The fraction of sp³-hybridized carbons (Fsp3) is 0.167. The fourth-order valence-electron chi connectivity index (χ4n) is 3.02. The summed E-state index contributed by atoms with van der Waals surface area (Å²) in [6.07, 6.45) is 0. The number of hydrogen-bond donors (Lipinski definition) is 0. The van der Waals surface area contributed by atoms with Gasteiger partial charge in [-0.1, -0.05) is 60.1 Å². The lowest BCUT2D eigenvalue weighted by atomic mass is 10.2. The Morgan fingerprint density at radius 3 is 2.15 bits per heavy atom. The Morgan fingerprint density at radius 2 is 1.52 bits per heavy atom. The molecule has 0 aliphatic rings. The lowest BCUT2D eigenvalue weighted by Crippen LogP contribution is -2.31. The number of carbonyl (C=O) groups excluding carboxylic acids is 2. The normalized spacial score (nSPS) is 11.3. The monoisotopic (exact) mass is 486 g/mol. The number of halogens is 1. The molecule has 3 aromatic carbocycles. The number of sulfonamides is 1. The van der Waals surface area contributed by atoms with Crippen molar-refractivity contribution in [3.05, 3.63) is 95.0 Å². The predicted octanol–water partition coefficient (Wildman–Crippen LogP) is 3.98. The average Bonchev–Trinajstić information content (AvgIpc) is 2.83. The summed E-state index contributed by atoms with van der Waals surface area (Å²) in [5.41, 5.74) is 1.32. The highest BCUT2D eigenvalue weighted by atomic mass is 35.5. The van der Waals surface area contributed by atoms with E-state index in [1.807, 2.05) is 36.4 Å². The van der Waals surface area contributed by atoms with E-state index in [1.165, 1.54) is 28.4 Å². The number of hydrogen-bond acceptors (Lipinski definition) is 5. The summed E-state index contributed by atoms with van der Waals surface area (Å²) in [5, 5.41) is 0.0218. The van der Waals surface area contributed by atoms with Gasteiger partial charge in [-0.3, -0.25) is 4.79 Å². The molecule has 0 aliphatic carbocycles. The minimum absolute atomic E-state index is 0.0218. The van der Waals surface area contributed by atoms with E-state index in [0.29, 0.717) is 5.69 Å². The highest BCUT2D eigenvalue weighted by Gasteiger charge is 2.24. The number of carbonyl (C=O) groups is 2. The standard InChI is InChI=1S/C24H23ClN2O5S/c1-26(16-18-9-5-3-6-10-18)33(30,31)20-13-14-22(25)21(15-20)24(29)32-17-23(28)27(2)19-11-7-4-8-12-19/h3-15H,16-17H2,1-2H3. The molecule has 0 N–H and O–H groups in total. The summed E-state index contributed by atoms with van der Waals surface area (Å²) in [6, 6.07) is 21.8. The molecule has 0 atom stereocenters.